The zero-order chi connectivity index (χ0) is 23.4. The van der Waals surface area contributed by atoms with Crippen LogP contribution in [0.4, 0.5) is 0 Å². The number of hydrogen-bond donors (Lipinski definition) is 0. The van der Waals surface area contributed by atoms with E-state index < -0.39 is 0 Å². The second-order valence-corrected chi connectivity index (χ2v) is 9.70. The maximum absolute atomic E-state index is 6.26. The third-order valence-corrected chi connectivity index (χ3v) is 6.68. The molecule has 3 heteroatoms. The lowest BCUT2D eigenvalue weighted by molar-refractivity contribution is 0.629. The molecule has 3 heterocycles. The molecule has 0 radical (unpaired) electrons. The smallest absolute Gasteiger partial charge is 0.153 e. The van der Waals surface area contributed by atoms with Crippen molar-refractivity contribution in [3.63, 3.8) is 0 Å². The molecule has 0 aliphatic rings. The molecule has 0 N–H and O–H groups in total. The van der Waals surface area contributed by atoms with Gasteiger partial charge in [-0.15, -0.1) is 0 Å². The molecule has 0 saturated heterocycles. The van der Waals surface area contributed by atoms with E-state index in [1.54, 1.807) is 0 Å². The van der Waals surface area contributed by atoms with Gasteiger partial charge in [-0.3, -0.25) is 4.98 Å². The first-order valence-corrected chi connectivity index (χ1v) is 11.9. The Labute approximate surface area is 199 Å². The van der Waals surface area contributed by atoms with Crippen molar-refractivity contribution in [1.29, 1.82) is 0 Å². The molecule has 0 bridgehead atoms. The van der Waals surface area contributed by atoms with Gasteiger partial charge in [0, 0.05) is 27.3 Å². The largest absolute Gasteiger partial charge is 0.455 e. The summed E-state index contributed by atoms with van der Waals surface area (Å²) in [4.78, 5) is 4.74. The Bertz CT molecular complexity index is 1640. The van der Waals surface area contributed by atoms with Gasteiger partial charge in [0.25, 0.3) is 0 Å². The average molecular weight is 446 g/mol. The van der Waals surface area contributed by atoms with E-state index in [0.29, 0.717) is 11.8 Å². The molecule has 0 aliphatic carbocycles. The van der Waals surface area contributed by atoms with Gasteiger partial charge >= 0.3 is 0 Å². The number of rotatable bonds is 4. The predicted molar refractivity (Wildman–Crippen MR) is 140 cm³/mol. The Balaban J connectivity index is 1.48. The molecular formula is C31H27NO2. The minimum Gasteiger partial charge on any atom is -0.455 e. The second-order valence-electron chi connectivity index (χ2n) is 9.70. The first-order chi connectivity index (χ1) is 16.5. The van der Waals surface area contributed by atoms with E-state index in [9.17, 15) is 0 Å². The summed E-state index contributed by atoms with van der Waals surface area (Å²) >= 11 is 0. The van der Waals surface area contributed by atoms with Crippen LogP contribution < -0.4 is 0 Å². The maximum atomic E-state index is 6.26. The zero-order valence-electron chi connectivity index (χ0n) is 19.9. The van der Waals surface area contributed by atoms with Gasteiger partial charge in [0.05, 0.1) is 11.9 Å². The maximum Gasteiger partial charge on any atom is 0.153 e. The summed E-state index contributed by atoms with van der Waals surface area (Å²) in [6.07, 6.45) is 1.82. The van der Waals surface area contributed by atoms with Crippen LogP contribution in [0.15, 0.2) is 87.8 Å². The van der Waals surface area contributed by atoms with Crippen molar-refractivity contribution in [3.8, 4) is 22.6 Å². The topological polar surface area (TPSA) is 39.2 Å². The van der Waals surface area contributed by atoms with Crippen molar-refractivity contribution in [2.24, 2.45) is 0 Å². The van der Waals surface area contributed by atoms with Crippen LogP contribution in [0.5, 0.6) is 0 Å². The Morgan fingerprint density at radius 2 is 1.41 bits per heavy atom. The van der Waals surface area contributed by atoms with Gasteiger partial charge in [0.2, 0.25) is 0 Å². The van der Waals surface area contributed by atoms with Gasteiger partial charge < -0.3 is 8.83 Å². The lowest BCUT2D eigenvalue weighted by Gasteiger charge is -2.13. The van der Waals surface area contributed by atoms with Gasteiger partial charge in [-0.2, -0.15) is 0 Å². The molecule has 3 aromatic heterocycles. The minimum atomic E-state index is 0.458. The molecule has 3 aromatic carbocycles. The molecule has 0 spiro atoms. The van der Waals surface area contributed by atoms with Crippen LogP contribution in [0.3, 0.4) is 0 Å². The molecule has 0 fully saturated rings. The molecule has 3 nitrogen and oxygen atoms in total. The van der Waals surface area contributed by atoms with Gasteiger partial charge in [-0.25, -0.2) is 0 Å². The summed E-state index contributed by atoms with van der Waals surface area (Å²) in [5.41, 5.74) is 8.19. The van der Waals surface area contributed by atoms with E-state index in [-0.39, 0.29) is 0 Å². The molecule has 6 rings (SSSR count). The van der Waals surface area contributed by atoms with Crippen molar-refractivity contribution in [3.05, 3.63) is 90.1 Å². The Hall–Kier alpha value is -3.85. The molecule has 168 valence electrons. The summed E-state index contributed by atoms with van der Waals surface area (Å²) in [7, 11) is 0. The van der Waals surface area contributed by atoms with Gasteiger partial charge in [-0.05, 0) is 59.4 Å². The second kappa shape index (κ2) is 7.88. The predicted octanol–water partition coefficient (Wildman–Crippen LogP) is 9.31. The summed E-state index contributed by atoms with van der Waals surface area (Å²) in [6.45, 7) is 8.93. The number of nitrogens with zero attached hydrogens (tertiary/aromatic N) is 1. The van der Waals surface area contributed by atoms with Crippen molar-refractivity contribution >= 4 is 32.9 Å². The summed E-state index contributed by atoms with van der Waals surface area (Å²) < 4.78 is 12.5. The van der Waals surface area contributed by atoms with Crippen LogP contribution in [0.25, 0.3) is 55.5 Å². The Morgan fingerprint density at radius 3 is 2.18 bits per heavy atom. The van der Waals surface area contributed by atoms with Gasteiger partial charge in [-0.1, -0.05) is 64.1 Å². The highest BCUT2D eigenvalue weighted by atomic mass is 16.3. The fourth-order valence-corrected chi connectivity index (χ4v) is 4.67. The molecule has 0 saturated carbocycles. The first kappa shape index (κ1) is 20.7. The van der Waals surface area contributed by atoms with E-state index in [2.05, 4.69) is 82.3 Å². The highest BCUT2D eigenvalue weighted by molar-refractivity contribution is 6.09. The fraction of sp³-hybridized carbons (Fsp3) is 0.194. The van der Waals surface area contributed by atoms with Crippen molar-refractivity contribution < 1.29 is 8.83 Å². The summed E-state index contributed by atoms with van der Waals surface area (Å²) in [5, 5.41) is 3.26. The lowest BCUT2D eigenvalue weighted by Crippen LogP contribution is -1.94. The number of hydrogen-bond acceptors (Lipinski definition) is 3. The van der Waals surface area contributed by atoms with Crippen LogP contribution in [-0.4, -0.2) is 4.98 Å². The quantitative estimate of drug-likeness (QED) is 0.271. The van der Waals surface area contributed by atoms with Gasteiger partial charge in [0.15, 0.2) is 5.58 Å². The molecular weight excluding hydrogens is 418 g/mol. The van der Waals surface area contributed by atoms with Crippen molar-refractivity contribution in [1.82, 2.24) is 4.98 Å². The van der Waals surface area contributed by atoms with E-state index >= 15 is 0 Å². The van der Waals surface area contributed by atoms with Crippen LogP contribution in [0.1, 0.15) is 50.7 Å². The standard InChI is InChI=1S/C31H27NO2/c1-18(2)20-12-21(19(3)4)14-22(13-20)29-16-23-15-27(32-17-30(23)33-29)26-10-7-9-25-24-8-5-6-11-28(24)34-31(25)26/h5-19H,1-4H3. The molecule has 0 amide bonds. The number of furan rings is 2. The Morgan fingerprint density at radius 1 is 0.676 bits per heavy atom. The van der Waals surface area contributed by atoms with Crippen molar-refractivity contribution in [2.75, 3.05) is 0 Å². The molecule has 6 aromatic rings. The molecule has 34 heavy (non-hydrogen) atoms. The normalized spacial score (nSPS) is 12.1. The van der Waals surface area contributed by atoms with Crippen LogP contribution in [0, 0.1) is 0 Å². The number of pyridine rings is 1. The van der Waals surface area contributed by atoms with E-state index in [0.717, 1.165) is 55.5 Å². The summed E-state index contributed by atoms with van der Waals surface area (Å²) in [5.74, 6) is 1.79. The molecule has 0 atom stereocenters. The highest BCUT2D eigenvalue weighted by Crippen LogP contribution is 2.37. The number of benzene rings is 3. The zero-order valence-corrected chi connectivity index (χ0v) is 19.9. The number of aromatic nitrogens is 1. The van der Waals surface area contributed by atoms with E-state index in [1.807, 2.05) is 24.4 Å². The summed E-state index contributed by atoms with van der Waals surface area (Å²) in [6, 6.07) is 25.4. The lowest BCUT2D eigenvalue weighted by atomic mass is 9.92. The third kappa shape index (κ3) is 3.40. The molecule has 0 aliphatic heterocycles. The third-order valence-electron chi connectivity index (χ3n) is 6.68. The monoisotopic (exact) mass is 445 g/mol. The average Bonchev–Trinajstić information content (AvgIpc) is 3.44. The highest BCUT2D eigenvalue weighted by Gasteiger charge is 2.16. The van der Waals surface area contributed by atoms with Crippen molar-refractivity contribution in [2.45, 2.75) is 39.5 Å². The van der Waals surface area contributed by atoms with Crippen LogP contribution >= 0.6 is 0 Å². The molecule has 0 unspecified atom stereocenters. The number of fused-ring (bicyclic) bond motifs is 4. The van der Waals surface area contributed by atoms with E-state index in [4.69, 9.17) is 13.8 Å². The van der Waals surface area contributed by atoms with Gasteiger partial charge in [0.1, 0.15) is 16.9 Å². The van der Waals surface area contributed by atoms with Crippen LogP contribution in [0.2, 0.25) is 0 Å². The minimum absolute atomic E-state index is 0.458. The number of para-hydroxylation sites is 2. The Kier molecular flexibility index (Phi) is 4.80. The first-order valence-electron chi connectivity index (χ1n) is 11.9. The SMILES string of the molecule is CC(C)c1cc(-c2cc3cc(-c4cccc5c4oc4ccccc45)ncc3o2)cc(C(C)C)c1. The fourth-order valence-electron chi connectivity index (χ4n) is 4.67. The van der Waals surface area contributed by atoms with E-state index in [1.165, 1.54) is 11.1 Å². The van der Waals surface area contributed by atoms with Crippen LogP contribution in [-0.2, 0) is 0 Å².